The molecule has 198 valence electrons. The van der Waals surface area contributed by atoms with Crippen molar-refractivity contribution in [2.45, 2.75) is 51.5 Å². The van der Waals surface area contributed by atoms with E-state index in [1.165, 1.54) is 0 Å². The third-order valence-corrected chi connectivity index (χ3v) is 7.23. The molecule has 9 heteroatoms. The highest BCUT2D eigenvalue weighted by Gasteiger charge is 2.32. The third-order valence-electron chi connectivity index (χ3n) is 7.23. The van der Waals surface area contributed by atoms with Crippen LogP contribution in [0.1, 0.15) is 47.0 Å². The standard InChI is InChI=1S/C30H31N7O2/c1-21-11-12-24-16-26(30(38)32-27(24)15-21)28(29-33-34-35-37(29)20-25-10-6-14-39-25)36(18-22-7-3-2-4-8-22)19-23-9-5-13-31-17-23/h2-5,7-9,11-13,15-17,25,28H,6,10,14,18-20H2,1H3,(H,32,38). The van der Waals surface area contributed by atoms with Crippen molar-refractivity contribution in [2.75, 3.05) is 6.61 Å². The summed E-state index contributed by atoms with van der Waals surface area (Å²) in [5.74, 6) is 0.613. The molecular formula is C30H31N7O2. The Bertz CT molecular complexity index is 1550. The molecule has 1 aliphatic rings. The molecule has 2 unspecified atom stereocenters. The molecule has 1 aliphatic heterocycles. The van der Waals surface area contributed by atoms with Gasteiger partial charge in [0.2, 0.25) is 0 Å². The minimum Gasteiger partial charge on any atom is -0.376 e. The van der Waals surface area contributed by atoms with E-state index in [1.807, 2.05) is 61.7 Å². The Morgan fingerprint density at radius 1 is 1.08 bits per heavy atom. The Morgan fingerprint density at radius 3 is 2.72 bits per heavy atom. The molecule has 1 saturated heterocycles. The fourth-order valence-corrected chi connectivity index (χ4v) is 5.34. The van der Waals surface area contributed by atoms with Gasteiger partial charge < -0.3 is 9.72 Å². The number of tetrazole rings is 1. The zero-order valence-corrected chi connectivity index (χ0v) is 21.9. The number of nitrogens with one attached hydrogen (secondary N) is 1. The summed E-state index contributed by atoms with van der Waals surface area (Å²) in [5.41, 5.74) is 4.49. The number of H-pyrrole nitrogens is 1. The minimum absolute atomic E-state index is 0.0478. The zero-order chi connectivity index (χ0) is 26.6. The van der Waals surface area contributed by atoms with Crippen LogP contribution < -0.4 is 5.56 Å². The zero-order valence-electron chi connectivity index (χ0n) is 21.9. The average molecular weight is 522 g/mol. The molecule has 3 aromatic heterocycles. The molecule has 1 N–H and O–H groups in total. The van der Waals surface area contributed by atoms with Crippen LogP contribution in [0.15, 0.2) is 83.9 Å². The molecule has 6 rings (SSSR count). The predicted molar refractivity (Wildman–Crippen MR) is 148 cm³/mol. The van der Waals surface area contributed by atoms with E-state index in [0.717, 1.165) is 47.0 Å². The quantitative estimate of drug-likeness (QED) is 0.310. The molecule has 0 amide bonds. The van der Waals surface area contributed by atoms with Gasteiger partial charge in [-0.05, 0) is 70.5 Å². The molecule has 0 aliphatic carbocycles. The van der Waals surface area contributed by atoms with Crippen molar-refractivity contribution >= 4 is 10.9 Å². The molecule has 2 aromatic carbocycles. The minimum atomic E-state index is -0.517. The van der Waals surface area contributed by atoms with E-state index in [1.54, 1.807) is 10.9 Å². The SMILES string of the molecule is Cc1ccc2cc(C(c3nnnn3CC3CCCO3)N(Cc3ccccc3)Cc3cccnc3)c(=O)[nH]c2c1. The van der Waals surface area contributed by atoms with Crippen LogP contribution in [-0.2, 0) is 24.4 Å². The molecule has 0 spiro atoms. The van der Waals surface area contributed by atoms with E-state index >= 15 is 0 Å². The normalized spacial score (nSPS) is 16.2. The molecular weight excluding hydrogens is 490 g/mol. The smallest absolute Gasteiger partial charge is 0.253 e. The predicted octanol–water partition coefficient (Wildman–Crippen LogP) is 4.19. The second kappa shape index (κ2) is 11.3. The van der Waals surface area contributed by atoms with E-state index in [4.69, 9.17) is 4.74 Å². The van der Waals surface area contributed by atoms with E-state index in [-0.39, 0.29) is 11.7 Å². The van der Waals surface area contributed by atoms with Crippen molar-refractivity contribution in [3.05, 3.63) is 118 Å². The van der Waals surface area contributed by atoms with Gasteiger partial charge in [-0.25, -0.2) is 4.68 Å². The summed E-state index contributed by atoms with van der Waals surface area (Å²) in [6.45, 7) is 4.43. The third kappa shape index (κ3) is 5.64. The van der Waals surface area contributed by atoms with E-state index in [0.29, 0.717) is 31.0 Å². The van der Waals surface area contributed by atoms with Gasteiger partial charge in [-0.1, -0.05) is 48.5 Å². The maximum Gasteiger partial charge on any atom is 0.253 e. The molecule has 2 atom stereocenters. The number of aromatic nitrogens is 6. The van der Waals surface area contributed by atoms with Crippen LogP contribution >= 0.6 is 0 Å². The fourth-order valence-electron chi connectivity index (χ4n) is 5.34. The van der Waals surface area contributed by atoms with Crippen molar-refractivity contribution < 1.29 is 4.74 Å². The van der Waals surface area contributed by atoms with Crippen molar-refractivity contribution in [1.82, 2.24) is 35.1 Å². The number of hydrogen-bond donors (Lipinski definition) is 1. The molecule has 0 radical (unpaired) electrons. The molecule has 5 aromatic rings. The van der Waals surface area contributed by atoms with Gasteiger partial charge in [0.25, 0.3) is 5.56 Å². The molecule has 9 nitrogen and oxygen atoms in total. The lowest BCUT2D eigenvalue weighted by Crippen LogP contribution is -2.35. The highest BCUT2D eigenvalue weighted by Crippen LogP contribution is 2.30. The van der Waals surface area contributed by atoms with Crippen LogP contribution in [0.2, 0.25) is 0 Å². The number of aryl methyl sites for hydroxylation is 1. The summed E-state index contributed by atoms with van der Waals surface area (Å²) in [4.78, 5) is 23.4. The Hall–Kier alpha value is -4.21. The maximum absolute atomic E-state index is 13.7. The molecule has 0 bridgehead atoms. The van der Waals surface area contributed by atoms with Gasteiger partial charge in [0.05, 0.1) is 12.6 Å². The largest absolute Gasteiger partial charge is 0.376 e. The van der Waals surface area contributed by atoms with Crippen molar-refractivity contribution in [3.8, 4) is 0 Å². The number of fused-ring (bicyclic) bond motifs is 1. The van der Waals surface area contributed by atoms with Crippen molar-refractivity contribution in [1.29, 1.82) is 0 Å². The molecule has 1 fully saturated rings. The van der Waals surface area contributed by atoms with Crippen LogP contribution in [0.4, 0.5) is 0 Å². The van der Waals surface area contributed by atoms with Crippen LogP contribution in [0.5, 0.6) is 0 Å². The second-order valence-corrected chi connectivity index (χ2v) is 10.2. The Labute approximate surface area is 226 Å². The van der Waals surface area contributed by atoms with E-state index in [2.05, 4.69) is 48.6 Å². The van der Waals surface area contributed by atoms with Crippen LogP contribution in [-0.4, -0.2) is 47.8 Å². The summed E-state index contributed by atoms with van der Waals surface area (Å²) in [5, 5.41) is 13.9. The van der Waals surface area contributed by atoms with Crippen LogP contribution in [0, 0.1) is 6.92 Å². The van der Waals surface area contributed by atoms with Gasteiger partial charge in [-0.15, -0.1) is 5.10 Å². The molecule has 39 heavy (non-hydrogen) atoms. The van der Waals surface area contributed by atoms with Gasteiger partial charge in [0.1, 0.15) is 6.04 Å². The van der Waals surface area contributed by atoms with Gasteiger partial charge >= 0.3 is 0 Å². The summed E-state index contributed by atoms with van der Waals surface area (Å²) in [6.07, 6.45) is 5.66. The van der Waals surface area contributed by atoms with Crippen molar-refractivity contribution in [2.24, 2.45) is 0 Å². The summed E-state index contributed by atoms with van der Waals surface area (Å²) in [6, 6.07) is 21.8. The number of hydrogen-bond acceptors (Lipinski definition) is 7. The summed E-state index contributed by atoms with van der Waals surface area (Å²) in [7, 11) is 0. The number of aromatic amines is 1. The number of nitrogens with zero attached hydrogens (tertiary/aromatic N) is 6. The van der Waals surface area contributed by atoms with E-state index in [9.17, 15) is 4.79 Å². The highest BCUT2D eigenvalue weighted by atomic mass is 16.5. The second-order valence-electron chi connectivity index (χ2n) is 10.2. The van der Waals surface area contributed by atoms with Crippen LogP contribution in [0.3, 0.4) is 0 Å². The lowest BCUT2D eigenvalue weighted by molar-refractivity contribution is 0.0903. The highest BCUT2D eigenvalue weighted by molar-refractivity contribution is 5.79. The number of benzene rings is 2. The fraction of sp³-hybridized carbons (Fsp3) is 0.300. The summed E-state index contributed by atoms with van der Waals surface area (Å²) < 4.78 is 7.71. The monoisotopic (exact) mass is 521 g/mol. The van der Waals surface area contributed by atoms with Gasteiger partial charge in [0, 0.05) is 43.2 Å². The number of rotatable bonds is 9. The lowest BCUT2D eigenvalue weighted by Gasteiger charge is -2.31. The Balaban J connectivity index is 1.50. The number of ether oxygens (including phenoxy) is 1. The van der Waals surface area contributed by atoms with Gasteiger partial charge in [0.15, 0.2) is 5.82 Å². The Kier molecular flexibility index (Phi) is 7.25. The first-order valence-electron chi connectivity index (χ1n) is 13.3. The molecule has 4 heterocycles. The van der Waals surface area contributed by atoms with Gasteiger partial charge in [-0.3, -0.25) is 14.7 Å². The maximum atomic E-state index is 13.7. The van der Waals surface area contributed by atoms with E-state index < -0.39 is 6.04 Å². The summed E-state index contributed by atoms with van der Waals surface area (Å²) >= 11 is 0. The Morgan fingerprint density at radius 2 is 1.92 bits per heavy atom. The molecule has 0 saturated carbocycles. The van der Waals surface area contributed by atoms with Gasteiger partial charge in [-0.2, -0.15) is 0 Å². The lowest BCUT2D eigenvalue weighted by atomic mass is 10.0. The van der Waals surface area contributed by atoms with Crippen molar-refractivity contribution in [3.63, 3.8) is 0 Å². The first kappa shape index (κ1) is 25.1. The first-order chi connectivity index (χ1) is 19.1. The first-order valence-corrected chi connectivity index (χ1v) is 13.3. The average Bonchev–Trinajstić information content (AvgIpc) is 3.63. The number of pyridine rings is 2. The van der Waals surface area contributed by atoms with Crippen LogP contribution in [0.25, 0.3) is 10.9 Å². The topological polar surface area (TPSA) is 102 Å².